The van der Waals surface area contributed by atoms with Crippen LogP contribution in [0, 0.1) is 5.92 Å². The molecule has 0 aliphatic heterocycles. The minimum absolute atomic E-state index is 0.0834. The summed E-state index contributed by atoms with van der Waals surface area (Å²) in [5, 5.41) is 39.7. The van der Waals surface area contributed by atoms with Gasteiger partial charge in [-0.3, -0.25) is 4.79 Å². The van der Waals surface area contributed by atoms with Crippen LogP contribution in [-0.4, -0.2) is 20.4 Å². The molecule has 1 heterocycles. The third-order valence-corrected chi connectivity index (χ3v) is 5.25. The zero-order chi connectivity index (χ0) is 22.5. The second-order valence-corrected chi connectivity index (χ2v) is 8.02. The molecule has 6 heteroatoms. The van der Waals surface area contributed by atoms with Crippen molar-refractivity contribution in [2.45, 2.75) is 46.0 Å². The fourth-order valence-electron chi connectivity index (χ4n) is 3.57. The highest BCUT2D eigenvalue weighted by molar-refractivity contribution is 5.70. The van der Waals surface area contributed by atoms with Gasteiger partial charge in [0.2, 0.25) is 11.2 Å². The van der Waals surface area contributed by atoms with Gasteiger partial charge in [0.1, 0.15) is 5.42 Å². The van der Waals surface area contributed by atoms with Crippen LogP contribution >= 0.6 is 0 Å². The summed E-state index contributed by atoms with van der Waals surface area (Å²) >= 11 is 0. The molecule has 0 bridgehead atoms. The quantitative estimate of drug-likeness (QED) is 0.306. The van der Waals surface area contributed by atoms with Crippen LogP contribution in [0.15, 0.2) is 45.1 Å². The van der Waals surface area contributed by atoms with Crippen LogP contribution in [0.2, 0.25) is 0 Å². The van der Waals surface area contributed by atoms with E-state index in [1.54, 1.807) is 6.08 Å². The van der Waals surface area contributed by atoms with Crippen LogP contribution in [0.3, 0.4) is 0 Å². The summed E-state index contributed by atoms with van der Waals surface area (Å²) in [6.45, 7) is 4.18. The Balaban J connectivity index is 1.82. The minimum Gasteiger partial charge on any atom is -0.504 e. The highest BCUT2D eigenvalue weighted by Crippen LogP contribution is 2.39. The molecule has 1 atom stereocenters. The van der Waals surface area contributed by atoms with E-state index < -0.39 is 28.4 Å². The molecule has 1 aliphatic carbocycles. The SMILES string of the molecule is CC(C)=CCC/C=C/CCC1C=c2oc(-c3cc(O)c(O)c(O)c3)c(O)c(=O)c2=CC1. The van der Waals surface area contributed by atoms with E-state index in [-0.39, 0.29) is 17.2 Å². The fraction of sp³-hybridized carbons (Fsp3) is 0.320. The lowest BCUT2D eigenvalue weighted by Crippen LogP contribution is -2.41. The number of aromatic hydroxyl groups is 4. The Morgan fingerprint density at radius 3 is 2.39 bits per heavy atom. The zero-order valence-electron chi connectivity index (χ0n) is 17.8. The van der Waals surface area contributed by atoms with E-state index in [9.17, 15) is 25.2 Å². The predicted octanol–water partition coefficient (Wildman–Crippen LogP) is 3.79. The van der Waals surface area contributed by atoms with E-state index in [4.69, 9.17) is 4.42 Å². The van der Waals surface area contributed by atoms with Gasteiger partial charge in [-0.2, -0.15) is 0 Å². The van der Waals surface area contributed by atoms with Crippen molar-refractivity contribution in [3.8, 4) is 34.3 Å². The van der Waals surface area contributed by atoms with Crippen molar-refractivity contribution in [2.75, 3.05) is 0 Å². The van der Waals surface area contributed by atoms with Gasteiger partial charge >= 0.3 is 0 Å². The molecule has 6 nitrogen and oxygen atoms in total. The largest absolute Gasteiger partial charge is 0.504 e. The Hall–Kier alpha value is -3.41. The molecule has 2 aromatic rings. The van der Waals surface area contributed by atoms with Crippen LogP contribution in [0.4, 0.5) is 0 Å². The molecule has 1 aromatic carbocycles. The topological polar surface area (TPSA) is 111 Å². The van der Waals surface area contributed by atoms with E-state index in [1.807, 2.05) is 6.08 Å². The second kappa shape index (κ2) is 9.60. The molecule has 0 fully saturated rings. The van der Waals surface area contributed by atoms with Gasteiger partial charge in [0.05, 0.1) is 5.22 Å². The van der Waals surface area contributed by atoms with Gasteiger partial charge in [0, 0.05) is 5.56 Å². The van der Waals surface area contributed by atoms with Crippen LogP contribution in [0.25, 0.3) is 23.5 Å². The summed E-state index contributed by atoms with van der Waals surface area (Å²) in [5.74, 6) is -2.43. The Kier molecular flexibility index (Phi) is 6.90. The van der Waals surface area contributed by atoms with Gasteiger partial charge in [0.25, 0.3) is 0 Å². The summed E-state index contributed by atoms with van der Waals surface area (Å²) in [7, 11) is 0. The maximum absolute atomic E-state index is 12.6. The summed E-state index contributed by atoms with van der Waals surface area (Å²) < 4.78 is 5.79. The number of phenols is 3. The van der Waals surface area contributed by atoms with Crippen LogP contribution < -0.4 is 16.1 Å². The van der Waals surface area contributed by atoms with Gasteiger partial charge in [-0.25, -0.2) is 0 Å². The van der Waals surface area contributed by atoms with E-state index in [1.165, 1.54) is 5.57 Å². The smallest absolute Gasteiger partial charge is 0.234 e. The van der Waals surface area contributed by atoms with Gasteiger partial charge < -0.3 is 24.8 Å². The van der Waals surface area contributed by atoms with E-state index >= 15 is 0 Å². The van der Waals surface area contributed by atoms with E-state index in [2.05, 4.69) is 32.1 Å². The lowest BCUT2D eigenvalue weighted by molar-refractivity contribution is 0.367. The first-order valence-electron chi connectivity index (χ1n) is 10.4. The molecule has 1 unspecified atom stereocenters. The van der Waals surface area contributed by atoms with Crippen molar-refractivity contribution in [3.05, 3.63) is 56.8 Å². The molecule has 1 aliphatic rings. The molecule has 0 saturated heterocycles. The number of unbranched alkanes of at least 4 members (excludes halogenated alkanes) is 1. The van der Waals surface area contributed by atoms with Crippen molar-refractivity contribution in [1.29, 1.82) is 0 Å². The maximum Gasteiger partial charge on any atom is 0.234 e. The average molecular weight is 424 g/mol. The molecule has 0 spiro atoms. The highest BCUT2D eigenvalue weighted by Gasteiger charge is 2.19. The summed E-state index contributed by atoms with van der Waals surface area (Å²) in [6, 6.07) is 2.23. The van der Waals surface area contributed by atoms with Crippen LogP contribution in [-0.2, 0) is 0 Å². The zero-order valence-corrected chi connectivity index (χ0v) is 17.8. The number of hydrogen-bond acceptors (Lipinski definition) is 6. The molecule has 0 amide bonds. The molecular formula is C25H28O6. The van der Waals surface area contributed by atoms with Gasteiger partial charge in [-0.15, -0.1) is 0 Å². The second-order valence-electron chi connectivity index (χ2n) is 8.02. The number of hydrogen-bond donors (Lipinski definition) is 4. The first kappa shape index (κ1) is 22.3. The van der Waals surface area contributed by atoms with Crippen molar-refractivity contribution < 1.29 is 24.8 Å². The van der Waals surface area contributed by atoms with Crippen molar-refractivity contribution in [3.63, 3.8) is 0 Å². The normalized spacial score (nSPS) is 15.2. The van der Waals surface area contributed by atoms with E-state index in [0.717, 1.165) is 37.8 Å². The number of allylic oxidation sites excluding steroid dienone is 4. The third kappa shape index (κ3) is 5.20. The van der Waals surface area contributed by atoms with Crippen LogP contribution in [0.1, 0.15) is 46.0 Å². The summed E-state index contributed by atoms with van der Waals surface area (Å²) in [4.78, 5) is 12.6. The maximum atomic E-state index is 12.6. The lowest BCUT2D eigenvalue weighted by atomic mass is 9.94. The number of fused-ring (bicyclic) bond motifs is 1. The fourth-order valence-corrected chi connectivity index (χ4v) is 3.57. The standard InChI is InChI=1S/C25H28O6/c1-15(2)8-6-4-3-5-7-9-16-10-11-18-21(12-16)31-25(24(30)22(18)28)17-13-19(26)23(29)20(27)14-17/h3,5,8,11-14,16,26-27,29-30H,4,6-7,9-10H2,1-2H3/b5-3+. The highest BCUT2D eigenvalue weighted by atomic mass is 16.4. The third-order valence-electron chi connectivity index (χ3n) is 5.25. The Morgan fingerprint density at radius 2 is 1.71 bits per heavy atom. The molecule has 0 radical (unpaired) electrons. The molecule has 4 N–H and O–H groups in total. The first-order chi connectivity index (χ1) is 14.8. The van der Waals surface area contributed by atoms with Gasteiger partial charge in [0.15, 0.2) is 23.0 Å². The Labute approximate surface area is 180 Å². The first-order valence-corrected chi connectivity index (χ1v) is 10.4. The molecular weight excluding hydrogens is 396 g/mol. The Morgan fingerprint density at radius 1 is 1.03 bits per heavy atom. The minimum atomic E-state index is -0.683. The molecule has 0 saturated carbocycles. The van der Waals surface area contributed by atoms with Crippen molar-refractivity contribution in [1.82, 2.24) is 0 Å². The predicted molar refractivity (Wildman–Crippen MR) is 120 cm³/mol. The molecule has 1 aromatic heterocycles. The number of phenolic OH excluding ortho intramolecular Hbond substituents is 3. The number of rotatable bonds is 7. The summed E-state index contributed by atoms with van der Waals surface area (Å²) in [6.07, 6.45) is 14.8. The molecule has 164 valence electrons. The molecule has 31 heavy (non-hydrogen) atoms. The number of benzene rings is 1. The summed E-state index contributed by atoms with van der Waals surface area (Å²) in [5.41, 5.74) is 1.19. The lowest BCUT2D eigenvalue weighted by Gasteiger charge is -2.13. The van der Waals surface area contributed by atoms with Crippen LogP contribution in [0.5, 0.6) is 23.0 Å². The molecule has 3 rings (SSSR count). The Bertz CT molecular complexity index is 1170. The van der Waals surface area contributed by atoms with Crippen molar-refractivity contribution in [2.24, 2.45) is 5.92 Å². The van der Waals surface area contributed by atoms with Crippen molar-refractivity contribution >= 4 is 12.2 Å². The monoisotopic (exact) mass is 424 g/mol. The van der Waals surface area contributed by atoms with Gasteiger partial charge in [-0.05, 0) is 70.1 Å². The average Bonchev–Trinajstić information content (AvgIpc) is 2.73. The van der Waals surface area contributed by atoms with E-state index in [0.29, 0.717) is 17.1 Å². The van der Waals surface area contributed by atoms with Gasteiger partial charge in [-0.1, -0.05) is 29.9 Å².